The van der Waals surface area contributed by atoms with Crippen molar-refractivity contribution in [1.29, 1.82) is 0 Å². The number of carbonyl (C=O) groups excluding carboxylic acids is 1. The lowest BCUT2D eigenvalue weighted by Crippen LogP contribution is -2.19. The van der Waals surface area contributed by atoms with Gasteiger partial charge in [-0.1, -0.05) is 13.0 Å². The van der Waals surface area contributed by atoms with Gasteiger partial charge in [0.25, 0.3) is 0 Å². The van der Waals surface area contributed by atoms with Crippen LogP contribution in [0.15, 0.2) is 36.9 Å². The van der Waals surface area contributed by atoms with Crippen LogP contribution in [0.25, 0.3) is 16.6 Å². The van der Waals surface area contributed by atoms with Gasteiger partial charge in [0.15, 0.2) is 5.78 Å². The molecule has 3 aromatic rings. The molecule has 0 saturated carbocycles. The molecule has 0 radical (unpaired) electrons. The number of Topliss-reactive ketones (excluding diaryl/α,β-unsaturated/α-hetero) is 1. The van der Waals surface area contributed by atoms with Gasteiger partial charge in [-0.25, -0.2) is 4.52 Å². The number of fused-ring (bicyclic) bond motifs is 1. The van der Waals surface area contributed by atoms with Gasteiger partial charge in [0.2, 0.25) is 0 Å². The zero-order valence-corrected chi connectivity index (χ0v) is 13.7. The Labute approximate surface area is 140 Å². The summed E-state index contributed by atoms with van der Waals surface area (Å²) in [4.78, 5) is 11.9. The number of aromatic nitrogens is 4. The highest BCUT2D eigenvalue weighted by Gasteiger charge is 2.17. The zero-order valence-electron chi connectivity index (χ0n) is 13.7. The lowest BCUT2D eigenvalue weighted by Gasteiger charge is -2.22. The van der Waals surface area contributed by atoms with Crippen molar-refractivity contribution in [3.05, 3.63) is 42.5 Å². The topological polar surface area (TPSA) is 61.4 Å². The molecule has 6 nitrogen and oxygen atoms in total. The molecule has 0 atom stereocenters. The van der Waals surface area contributed by atoms with Crippen molar-refractivity contribution in [2.24, 2.45) is 0 Å². The molecule has 1 fully saturated rings. The second kappa shape index (κ2) is 6.20. The van der Waals surface area contributed by atoms with Crippen LogP contribution >= 0.6 is 0 Å². The summed E-state index contributed by atoms with van der Waals surface area (Å²) in [5.74, 6) is 0.116. The van der Waals surface area contributed by atoms with Crippen LogP contribution in [0.3, 0.4) is 0 Å². The maximum atomic E-state index is 11.9. The largest absolute Gasteiger partial charge is 0.381 e. The smallest absolute Gasteiger partial charge is 0.166 e. The summed E-state index contributed by atoms with van der Waals surface area (Å²) < 4.78 is 9.22. The fourth-order valence-corrected chi connectivity index (χ4v) is 3.20. The average Bonchev–Trinajstić information content (AvgIpc) is 3.28. The number of hydrogen-bond acceptors (Lipinski definition) is 4. The molecule has 6 heteroatoms. The molecule has 0 bridgehead atoms. The molecule has 0 spiro atoms. The van der Waals surface area contributed by atoms with Crippen LogP contribution in [0.2, 0.25) is 0 Å². The fraction of sp³-hybridized carbons (Fsp3) is 0.389. The number of pyridine rings is 1. The van der Waals surface area contributed by atoms with Gasteiger partial charge in [-0.15, -0.1) is 0 Å². The van der Waals surface area contributed by atoms with Crippen LogP contribution in [0.5, 0.6) is 0 Å². The third-order valence-electron chi connectivity index (χ3n) is 4.64. The third kappa shape index (κ3) is 2.63. The van der Waals surface area contributed by atoms with Crippen molar-refractivity contribution < 1.29 is 9.53 Å². The van der Waals surface area contributed by atoms with Crippen molar-refractivity contribution >= 4 is 11.3 Å². The number of hydrogen-bond donors (Lipinski definition) is 0. The monoisotopic (exact) mass is 324 g/mol. The summed E-state index contributed by atoms with van der Waals surface area (Å²) in [6.07, 6.45) is 10.1. The van der Waals surface area contributed by atoms with Crippen molar-refractivity contribution in [2.45, 2.75) is 32.2 Å². The first-order valence-corrected chi connectivity index (χ1v) is 8.39. The summed E-state index contributed by atoms with van der Waals surface area (Å²) in [6.45, 7) is 3.46. The summed E-state index contributed by atoms with van der Waals surface area (Å²) in [7, 11) is 0. The Balaban J connectivity index is 1.64. The molecule has 24 heavy (non-hydrogen) atoms. The van der Waals surface area contributed by atoms with E-state index in [1.165, 1.54) is 0 Å². The lowest BCUT2D eigenvalue weighted by atomic mass is 10.1. The number of carbonyl (C=O) groups is 1. The predicted molar refractivity (Wildman–Crippen MR) is 90.1 cm³/mol. The molecule has 0 amide bonds. The second-order valence-electron chi connectivity index (χ2n) is 6.14. The minimum atomic E-state index is 0.116. The molecule has 124 valence electrons. The Bertz CT molecular complexity index is 874. The summed E-state index contributed by atoms with van der Waals surface area (Å²) in [5.41, 5.74) is 3.63. The van der Waals surface area contributed by atoms with Crippen molar-refractivity contribution in [2.75, 3.05) is 13.2 Å². The Morgan fingerprint density at radius 1 is 1.17 bits per heavy atom. The van der Waals surface area contributed by atoms with Gasteiger partial charge in [-0.3, -0.25) is 9.48 Å². The lowest BCUT2D eigenvalue weighted by molar-refractivity contribution is 0.0662. The zero-order chi connectivity index (χ0) is 16.5. The molecular weight excluding hydrogens is 304 g/mol. The van der Waals surface area contributed by atoms with E-state index in [9.17, 15) is 4.79 Å². The molecule has 0 N–H and O–H groups in total. The first-order valence-electron chi connectivity index (χ1n) is 8.39. The normalized spacial score (nSPS) is 15.9. The first-order chi connectivity index (χ1) is 11.8. The maximum Gasteiger partial charge on any atom is 0.166 e. The second-order valence-corrected chi connectivity index (χ2v) is 6.14. The molecule has 1 aliphatic heterocycles. The molecule has 3 aromatic heterocycles. The summed E-state index contributed by atoms with van der Waals surface area (Å²) >= 11 is 0. The van der Waals surface area contributed by atoms with E-state index in [4.69, 9.17) is 4.74 Å². The molecule has 1 saturated heterocycles. The molecule has 1 aliphatic rings. The first kappa shape index (κ1) is 15.1. The van der Waals surface area contributed by atoms with Crippen molar-refractivity contribution in [3.8, 4) is 11.1 Å². The summed E-state index contributed by atoms with van der Waals surface area (Å²) in [5, 5.41) is 8.84. The quantitative estimate of drug-likeness (QED) is 0.692. The van der Waals surface area contributed by atoms with E-state index < -0.39 is 0 Å². The molecule has 0 unspecified atom stereocenters. The van der Waals surface area contributed by atoms with Crippen LogP contribution in [-0.4, -0.2) is 38.4 Å². The SMILES string of the molecule is CCC(=O)c1cnn2cc(-c3cnn(C4CCOCC4)c3)ccc12. The van der Waals surface area contributed by atoms with Gasteiger partial charge >= 0.3 is 0 Å². The fourth-order valence-electron chi connectivity index (χ4n) is 3.20. The number of ketones is 1. The molecule has 0 aliphatic carbocycles. The number of rotatable bonds is 4. The molecule has 4 heterocycles. The Morgan fingerprint density at radius 2 is 2.00 bits per heavy atom. The molecular formula is C18H20N4O2. The van der Waals surface area contributed by atoms with Gasteiger partial charge < -0.3 is 4.74 Å². The van der Waals surface area contributed by atoms with Crippen molar-refractivity contribution in [1.82, 2.24) is 19.4 Å². The van der Waals surface area contributed by atoms with Gasteiger partial charge in [0.1, 0.15) is 0 Å². The standard InChI is InChI=1S/C18H20N4O2/c1-2-18(23)16-10-20-22-11-13(3-4-17(16)22)14-9-19-21(12-14)15-5-7-24-8-6-15/h3-4,9-12,15H,2,5-8H2,1H3. The van der Waals surface area contributed by atoms with E-state index in [2.05, 4.69) is 16.4 Å². The van der Waals surface area contributed by atoms with E-state index in [1.807, 2.05) is 36.1 Å². The van der Waals surface area contributed by atoms with E-state index in [0.717, 1.165) is 42.7 Å². The van der Waals surface area contributed by atoms with Gasteiger partial charge in [-0.05, 0) is 18.9 Å². The highest BCUT2D eigenvalue weighted by molar-refractivity contribution is 6.02. The van der Waals surface area contributed by atoms with Crippen LogP contribution in [0.4, 0.5) is 0 Å². The maximum absolute atomic E-state index is 11.9. The van der Waals surface area contributed by atoms with Crippen LogP contribution in [0, 0.1) is 0 Å². The predicted octanol–water partition coefficient (Wildman–Crippen LogP) is 3.14. The van der Waals surface area contributed by atoms with Gasteiger partial charge in [0.05, 0.1) is 29.5 Å². The van der Waals surface area contributed by atoms with E-state index in [1.54, 1.807) is 10.7 Å². The minimum absolute atomic E-state index is 0.116. The molecule has 0 aromatic carbocycles. The van der Waals surface area contributed by atoms with E-state index >= 15 is 0 Å². The van der Waals surface area contributed by atoms with Crippen LogP contribution in [0.1, 0.15) is 42.6 Å². The van der Waals surface area contributed by atoms with E-state index in [0.29, 0.717) is 18.0 Å². The third-order valence-corrected chi connectivity index (χ3v) is 4.64. The Morgan fingerprint density at radius 3 is 2.79 bits per heavy atom. The highest BCUT2D eigenvalue weighted by atomic mass is 16.5. The minimum Gasteiger partial charge on any atom is -0.381 e. The Hall–Kier alpha value is -2.47. The number of ether oxygens (including phenoxy) is 1. The highest BCUT2D eigenvalue weighted by Crippen LogP contribution is 2.25. The van der Waals surface area contributed by atoms with Crippen LogP contribution < -0.4 is 0 Å². The Kier molecular flexibility index (Phi) is 3.90. The van der Waals surface area contributed by atoms with Gasteiger partial charge in [-0.2, -0.15) is 10.2 Å². The summed E-state index contributed by atoms with van der Waals surface area (Å²) in [6, 6.07) is 4.39. The van der Waals surface area contributed by atoms with Crippen molar-refractivity contribution in [3.63, 3.8) is 0 Å². The van der Waals surface area contributed by atoms with Crippen LogP contribution in [-0.2, 0) is 4.74 Å². The van der Waals surface area contributed by atoms with E-state index in [-0.39, 0.29) is 5.78 Å². The molecule has 4 rings (SSSR count). The average molecular weight is 324 g/mol. The van der Waals surface area contributed by atoms with Gasteiger partial charge in [0, 0.05) is 43.2 Å². The number of nitrogens with zero attached hydrogens (tertiary/aromatic N) is 4.